The predicted molar refractivity (Wildman–Crippen MR) is 64.9 cm³/mol. The SMILES string of the molecule is CN1CCC2CC1N(C)c1ccc(O)cc12. The van der Waals surface area contributed by atoms with Crippen LogP contribution in [0.25, 0.3) is 0 Å². The van der Waals surface area contributed by atoms with E-state index in [4.69, 9.17) is 0 Å². The molecule has 3 rings (SSSR count). The Labute approximate surface area is 96.3 Å². The molecular weight excluding hydrogens is 200 g/mol. The van der Waals surface area contributed by atoms with Gasteiger partial charge < -0.3 is 10.0 Å². The second-order valence-corrected chi connectivity index (χ2v) is 5.04. The van der Waals surface area contributed by atoms with Crippen molar-refractivity contribution in [2.75, 3.05) is 25.5 Å². The van der Waals surface area contributed by atoms with Crippen molar-refractivity contribution >= 4 is 5.69 Å². The lowest BCUT2D eigenvalue weighted by atomic mass is 9.83. The zero-order valence-corrected chi connectivity index (χ0v) is 9.85. The number of benzene rings is 1. The van der Waals surface area contributed by atoms with Crippen LogP contribution in [0.1, 0.15) is 24.3 Å². The molecule has 2 bridgehead atoms. The Morgan fingerprint density at radius 1 is 1.31 bits per heavy atom. The molecule has 3 nitrogen and oxygen atoms in total. The van der Waals surface area contributed by atoms with Gasteiger partial charge in [-0.15, -0.1) is 0 Å². The molecule has 1 aromatic carbocycles. The molecule has 1 saturated heterocycles. The molecule has 2 aliphatic rings. The highest BCUT2D eigenvalue weighted by molar-refractivity contribution is 5.60. The molecule has 1 aromatic rings. The van der Waals surface area contributed by atoms with Crippen LogP contribution in [0.15, 0.2) is 18.2 Å². The van der Waals surface area contributed by atoms with E-state index in [-0.39, 0.29) is 0 Å². The molecule has 0 aliphatic carbocycles. The molecule has 0 aromatic heterocycles. The lowest BCUT2D eigenvalue weighted by molar-refractivity contribution is 0.159. The minimum absolute atomic E-state index is 0.393. The molecule has 0 saturated carbocycles. The number of fused-ring (bicyclic) bond motifs is 4. The van der Waals surface area contributed by atoms with Gasteiger partial charge in [0.15, 0.2) is 0 Å². The molecule has 0 radical (unpaired) electrons. The number of likely N-dealkylation sites (tertiary alicyclic amines) is 1. The number of phenolic OH excluding ortho intramolecular Hbond substituents is 1. The van der Waals surface area contributed by atoms with Crippen LogP contribution in [-0.2, 0) is 0 Å². The number of nitrogens with zero attached hydrogens (tertiary/aromatic N) is 2. The summed E-state index contributed by atoms with van der Waals surface area (Å²) < 4.78 is 0. The first kappa shape index (κ1) is 9.97. The van der Waals surface area contributed by atoms with E-state index in [1.54, 1.807) is 6.07 Å². The fraction of sp³-hybridized carbons (Fsp3) is 0.538. The van der Waals surface area contributed by atoms with Crippen LogP contribution in [0.4, 0.5) is 5.69 Å². The van der Waals surface area contributed by atoms with E-state index in [9.17, 15) is 5.11 Å². The predicted octanol–water partition coefficient (Wildman–Crippen LogP) is 1.98. The van der Waals surface area contributed by atoms with Gasteiger partial charge in [0.25, 0.3) is 0 Å². The highest BCUT2D eigenvalue weighted by Crippen LogP contribution is 2.44. The van der Waals surface area contributed by atoms with Gasteiger partial charge in [-0.2, -0.15) is 0 Å². The summed E-state index contributed by atoms with van der Waals surface area (Å²) in [4.78, 5) is 4.76. The minimum Gasteiger partial charge on any atom is -0.508 e. The minimum atomic E-state index is 0.393. The molecule has 1 N–H and O–H groups in total. The summed E-state index contributed by atoms with van der Waals surface area (Å²) >= 11 is 0. The van der Waals surface area contributed by atoms with Gasteiger partial charge in [0.1, 0.15) is 5.75 Å². The number of anilines is 1. The normalized spacial score (nSPS) is 29.0. The number of hydrogen-bond donors (Lipinski definition) is 1. The van der Waals surface area contributed by atoms with Gasteiger partial charge in [-0.3, -0.25) is 4.90 Å². The van der Waals surface area contributed by atoms with E-state index in [0.29, 0.717) is 17.8 Å². The molecule has 1 fully saturated rings. The maximum atomic E-state index is 9.59. The topological polar surface area (TPSA) is 26.7 Å². The molecule has 0 amide bonds. The largest absolute Gasteiger partial charge is 0.508 e. The summed E-state index contributed by atoms with van der Waals surface area (Å²) in [6.45, 7) is 1.15. The van der Waals surface area contributed by atoms with Crippen molar-refractivity contribution in [2.24, 2.45) is 0 Å². The molecule has 2 heterocycles. The summed E-state index contributed by atoms with van der Waals surface area (Å²) in [5.74, 6) is 1.02. The highest BCUT2D eigenvalue weighted by atomic mass is 16.3. The van der Waals surface area contributed by atoms with Crippen molar-refractivity contribution < 1.29 is 5.11 Å². The molecule has 86 valence electrons. The smallest absolute Gasteiger partial charge is 0.116 e. The maximum Gasteiger partial charge on any atom is 0.116 e. The van der Waals surface area contributed by atoms with E-state index in [2.05, 4.69) is 23.9 Å². The van der Waals surface area contributed by atoms with Crippen molar-refractivity contribution in [1.82, 2.24) is 4.90 Å². The molecular formula is C13H18N2O. The van der Waals surface area contributed by atoms with Crippen molar-refractivity contribution in [2.45, 2.75) is 24.9 Å². The van der Waals surface area contributed by atoms with Gasteiger partial charge in [-0.25, -0.2) is 0 Å². The average Bonchev–Trinajstić information content (AvgIpc) is 2.28. The number of rotatable bonds is 0. The Kier molecular flexibility index (Phi) is 2.11. The van der Waals surface area contributed by atoms with E-state index < -0.39 is 0 Å². The summed E-state index contributed by atoms with van der Waals surface area (Å²) in [5.41, 5.74) is 2.61. The van der Waals surface area contributed by atoms with E-state index in [0.717, 1.165) is 6.54 Å². The lowest BCUT2D eigenvalue weighted by Gasteiger charge is -2.48. The molecule has 0 spiro atoms. The second-order valence-electron chi connectivity index (χ2n) is 5.04. The van der Waals surface area contributed by atoms with Gasteiger partial charge in [0.2, 0.25) is 0 Å². The Balaban J connectivity index is 2.09. The lowest BCUT2D eigenvalue weighted by Crippen LogP contribution is -2.52. The number of aromatic hydroxyl groups is 1. The molecule has 2 unspecified atom stereocenters. The van der Waals surface area contributed by atoms with Crippen LogP contribution < -0.4 is 4.90 Å². The fourth-order valence-electron chi connectivity index (χ4n) is 3.15. The van der Waals surface area contributed by atoms with Gasteiger partial charge in [0, 0.05) is 19.3 Å². The van der Waals surface area contributed by atoms with Gasteiger partial charge in [-0.1, -0.05) is 0 Å². The van der Waals surface area contributed by atoms with E-state index >= 15 is 0 Å². The first-order valence-electron chi connectivity index (χ1n) is 5.93. The Morgan fingerprint density at radius 3 is 2.94 bits per heavy atom. The fourth-order valence-corrected chi connectivity index (χ4v) is 3.15. The number of phenols is 1. The third kappa shape index (κ3) is 1.31. The standard InChI is InChI=1S/C13H18N2O/c1-14-6-5-9-7-13(14)15(2)12-4-3-10(16)8-11(9)12/h3-4,8-9,13,16H,5-7H2,1-2H3. The van der Waals surface area contributed by atoms with Crippen LogP contribution in [0, 0.1) is 0 Å². The molecule has 2 aliphatic heterocycles. The first-order chi connectivity index (χ1) is 7.66. The van der Waals surface area contributed by atoms with E-state index in [1.807, 2.05) is 12.1 Å². The van der Waals surface area contributed by atoms with Gasteiger partial charge in [0.05, 0.1) is 6.17 Å². The van der Waals surface area contributed by atoms with Crippen LogP contribution in [0.3, 0.4) is 0 Å². The Morgan fingerprint density at radius 2 is 2.12 bits per heavy atom. The van der Waals surface area contributed by atoms with Crippen LogP contribution >= 0.6 is 0 Å². The second kappa shape index (κ2) is 3.39. The third-order valence-corrected chi connectivity index (χ3v) is 4.11. The zero-order chi connectivity index (χ0) is 11.3. The zero-order valence-electron chi connectivity index (χ0n) is 9.85. The van der Waals surface area contributed by atoms with Crippen molar-refractivity contribution in [3.63, 3.8) is 0 Å². The maximum absolute atomic E-state index is 9.59. The first-order valence-corrected chi connectivity index (χ1v) is 5.93. The highest BCUT2D eigenvalue weighted by Gasteiger charge is 2.36. The monoisotopic (exact) mass is 218 g/mol. The van der Waals surface area contributed by atoms with Gasteiger partial charge >= 0.3 is 0 Å². The van der Waals surface area contributed by atoms with Crippen LogP contribution in [-0.4, -0.2) is 36.8 Å². The Hall–Kier alpha value is -1.22. The quantitative estimate of drug-likeness (QED) is 0.721. The Bertz CT molecular complexity index is 418. The van der Waals surface area contributed by atoms with Gasteiger partial charge in [-0.05, 0) is 49.6 Å². The average molecular weight is 218 g/mol. The molecule has 16 heavy (non-hydrogen) atoms. The summed E-state index contributed by atoms with van der Waals surface area (Å²) in [6.07, 6.45) is 2.91. The number of hydrogen-bond acceptors (Lipinski definition) is 3. The molecule has 3 heteroatoms. The molecule has 2 atom stereocenters. The van der Waals surface area contributed by atoms with E-state index in [1.165, 1.54) is 24.1 Å². The van der Waals surface area contributed by atoms with Crippen molar-refractivity contribution in [1.29, 1.82) is 0 Å². The summed E-state index contributed by atoms with van der Waals surface area (Å²) in [7, 11) is 4.35. The van der Waals surface area contributed by atoms with Crippen LogP contribution in [0.2, 0.25) is 0 Å². The van der Waals surface area contributed by atoms with Crippen LogP contribution in [0.5, 0.6) is 5.75 Å². The van der Waals surface area contributed by atoms with Crippen molar-refractivity contribution in [3.05, 3.63) is 23.8 Å². The van der Waals surface area contributed by atoms with Crippen molar-refractivity contribution in [3.8, 4) is 5.75 Å². The summed E-state index contributed by atoms with van der Waals surface area (Å²) in [5, 5.41) is 9.59. The third-order valence-electron chi connectivity index (χ3n) is 4.11. The summed E-state index contributed by atoms with van der Waals surface area (Å²) in [6, 6.07) is 5.78. The number of piperidine rings is 1.